The van der Waals surface area contributed by atoms with Gasteiger partial charge in [0.1, 0.15) is 28.6 Å². The molecule has 25 heteroatoms. The van der Waals surface area contributed by atoms with Crippen molar-refractivity contribution in [2.24, 2.45) is 0 Å². The van der Waals surface area contributed by atoms with Crippen LogP contribution in [-0.2, 0) is 39.3 Å². The van der Waals surface area contributed by atoms with Crippen LogP contribution in [-0.4, -0.2) is 168 Å². The van der Waals surface area contributed by atoms with E-state index in [9.17, 15) is 19.2 Å². The topological polar surface area (TPSA) is 269 Å². The van der Waals surface area contributed by atoms with Gasteiger partial charge in [-0.05, 0) is 183 Å². The van der Waals surface area contributed by atoms with Gasteiger partial charge in [-0.15, -0.1) is 0 Å². The fourth-order valence-corrected chi connectivity index (χ4v) is 18.0. The average molecular weight is 1680 g/mol. The van der Waals surface area contributed by atoms with Crippen molar-refractivity contribution < 1.29 is 47.2 Å². The highest BCUT2D eigenvalue weighted by Crippen LogP contribution is 2.41. The molecule has 4 aliphatic heterocycles. The van der Waals surface area contributed by atoms with Gasteiger partial charge in [-0.2, -0.15) is 9.97 Å². The fraction of sp³-hybridized carbons (Fsp3) is 0.340. The Hall–Kier alpha value is -13.1. The second-order valence-corrected chi connectivity index (χ2v) is 33.2. The molecule has 0 aliphatic carbocycles. The van der Waals surface area contributed by atoms with Gasteiger partial charge in [0.25, 0.3) is 17.7 Å². The van der Waals surface area contributed by atoms with Crippen LogP contribution in [0.2, 0.25) is 0 Å². The number of nitrogens with zero attached hydrogens (tertiary/aromatic N) is 12. The van der Waals surface area contributed by atoms with E-state index >= 15 is 0 Å². The minimum Gasteiger partial charge on any atom is -0.495 e. The predicted molar refractivity (Wildman–Crippen MR) is 483 cm³/mol. The number of hydrogen-bond acceptors (Lipinski definition) is 19. The van der Waals surface area contributed by atoms with E-state index in [1.807, 2.05) is 158 Å². The molecule has 3 saturated heterocycles. The Labute approximate surface area is 728 Å². The number of hydrogen-bond donors (Lipinski definition) is 3. The summed E-state index contributed by atoms with van der Waals surface area (Å²) in [6.07, 6.45) is 21.8. The van der Waals surface area contributed by atoms with Crippen LogP contribution >= 0.6 is 0 Å². The predicted octanol–water partition coefficient (Wildman–Crippen LogP) is 17.0. The molecule has 125 heavy (non-hydrogen) atoms. The number of methoxy groups -OCH3 is 3. The maximum Gasteiger partial charge on any atom is 0.253 e. The molecule has 3 fully saturated rings. The fourth-order valence-electron chi connectivity index (χ4n) is 18.0. The van der Waals surface area contributed by atoms with E-state index in [1.165, 1.54) is 16.7 Å². The first kappa shape index (κ1) is 85.5. The van der Waals surface area contributed by atoms with E-state index < -0.39 is 0 Å². The Balaban J connectivity index is 0.000000138. The first-order chi connectivity index (χ1) is 61.1. The summed E-state index contributed by atoms with van der Waals surface area (Å²) >= 11 is 0. The molecule has 0 unspecified atom stereocenters. The molecule has 3 N–H and O–H groups in total. The number of likely N-dealkylation sites (tertiary alicyclic amines) is 3. The van der Waals surface area contributed by atoms with Crippen molar-refractivity contribution in [1.29, 1.82) is 0 Å². The van der Waals surface area contributed by atoms with Gasteiger partial charge in [-0.25, -0.2) is 0 Å². The van der Waals surface area contributed by atoms with Gasteiger partial charge in [0.15, 0.2) is 5.78 Å². The number of Topliss-reactive ketones (excluding diaryl/α,β-unsaturated/α-hetero) is 1. The zero-order valence-corrected chi connectivity index (χ0v) is 72.1. The Bertz CT molecular complexity index is 5800. The quantitative estimate of drug-likeness (QED) is 0.0411. The molecule has 7 aromatic carbocycles. The third-order valence-corrected chi connectivity index (χ3v) is 24.6. The van der Waals surface area contributed by atoms with E-state index in [2.05, 4.69) is 132 Å². The van der Waals surface area contributed by atoms with Crippen molar-refractivity contribution in [3.05, 3.63) is 287 Å². The molecule has 4 aliphatic rings. The second kappa shape index (κ2) is 40.0. The maximum absolute atomic E-state index is 13.3. The summed E-state index contributed by atoms with van der Waals surface area (Å²) < 4.78 is 41.2. The molecule has 7 aromatic heterocycles. The number of amides is 3. The number of nitrogens with one attached hydrogen (secondary N) is 3. The number of aromatic nitrogens is 9. The first-order valence-electron chi connectivity index (χ1n) is 43.6. The van der Waals surface area contributed by atoms with Crippen LogP contribution in [0, 0.1) is 20.8 Å². The van der Waals surface area contributed by atoms with E-state index in [0.29, 0.717) is 65.8 Å². The van der Waals surface area contributed by atoms with Crippen LogP contribution in [0.1, 0.15) is 163 Å². The lowest BCUT2D eigenvalue weighted by atomic mass is 9.82. The molecular weight excluding hydrogens is 1570 g/mol. The van der Waals surface area contributed by atoms with Crippen LogP contribution in [0.15, 0.2) is 228 Å². The smallest absolute Gasteiger partial charge is 0.253 e. The van der Waals surface area contributed by atoms with E-state index in [-0.39, 0.29) is 40.9 Å². The monoisotopic (exact) mass is 1680 g/mol. The van der Waals surface area contributed by atoms with Gasteiger partial charge in [-0.3, -0.25) is 29.1 Å². The van der Waals surface area contributed by atoms with Crippen LogP contribution in [0.25, 0.3) is 55.5 Å². The lowest BCUT2D eigenvalue weighted by molar-refractivity contribution is -0.00928. The van der Waals surface area contributed by atoms with Crippen molar-refractivity contribution in [3.63, 3.8) is 0 Å². The first-order valence-corrected chi connectivity index (χ1v) is 43.6. The van der Waals surface area contributed by atoms with Crippen molar-refractivity contribution in [2.45, 2.75) is 142 Å². The second-order valence-electron chi connectivity index (χ2n) is 33.2. The highest BCUT2D eigenvalue weighted by molar-refractivity contribution is 6.10. The minimum absolute atomic E-state index is 0.0799. The summed E-state index contributed by atoms with van der Waals surface area (Å²) in [5.41, 5.74) is 13.7. The van der Waals surface area contributed by atoms with Gasteiger partial charge in [-0.1, -0.05) is 148 Å². The Morgan fingerprint density at radius 2 is 0.848 bits per heavy atom. The molecule has 0 bridgehead atoms. The maximum atomic E-state index is 13.3. The summed E-state index contributed by atoms with van der Waals surface area (Å²) in [6.45, 7) is 18.6. The van der Waals surface area contributed by atoms with Crippen molar-refractivity contribution in [2.75, 3.05) is 80.2 Å². The normalized spacial score (nSPS) is 15.0. The lowest BCUT2D eigenvalue weighted by Gasteiger charge is -2.44. The minimum atomic E-state index is -0.382. The zero-order chi connectivity index (χ0) is 86.2. The number of fused-ring (bicyclic) bond motifs is 4. The van der Waals surface area contributed by atoms with Gasteiger partial charge in [0, 0.05) is 148 Å². The summed E-state index contributed by atoms with van der Waals surface area (Å²) in [5.74, 6) is 6.18. The SMILES string of the molecule is COc1cccc2c(C(=O)NCc3cccc(C)c3)cn(CCCN3CCC(c4nc(-c5cccnc5)no4)CC3)c12.COc1cccc2c(C(=O)NCc3cccc(C)c3)cn(CCCN3CCC(c4nc(-c5ccncc5)no4)CC3)c12.COc1cccc2c(C(=O)NCc3cccc(C)c3)cn(CCCN3CCC4(CC3)CC(=O)c3ccccc3O4)c12. The Morgan fingerprint density at radius 1 is 0.440 bits per heavy atom. The summed E-state index contributed by atoms with van der Waals surface area (Å²) in [4.78, 5) is 77.6. The number of aryl methyl sites for hydroxylation is 6. The third kappa shape index (κ3) is 20.6. The van der Waals surface area contributed by atoms with Crippen molar-refractivity contribution in [3.8, 4) is 45.8 Å². The number of ether oxygens (including phenoxy) is 4. The highest BCUT2D eigenvalue weighted by Gasteiger charge is 2.43. The molecule has 0 atom stereocenters. The number of pyridine rings is 2. The zero-order valence-electron chi connectivity index (χ0n) is 72.1. The number of carbonyl (C=O) groups excluding carboxylic acids is 4. The largest absolute Gasteiger partial charge is 0.495 e. The summed E-state index contributed by atoms with van der Waals surface area (Å²) in [7, 11) is 5.03. The molecule has 14 aromatic rings. The van der Waals surface area contributed by atoms with Crippen LogP contribution in [0.4, 0.5) is 0 Å². The van der Waals surface area contributed by atoms with Crippen molar-refractivity contribution >= 4 is 56.2 Å². The van der Waals surface area contributed by atoms with Crippen molar-refractivity contribution in [1.82, 2.24) is 74.6 Å². The molecule has 18 rings (SSSR count). The van der Waals surface area contributed by atoms with Gasteiger partial charge < -0.3 is 72.3 Å². The number of benzene rings is 7. The van der Waals surface area contributed by atoms with Crippen LogP contribution < -0.4 is 34.9 Å². The molecular formula is C100H109N15O10. The van der Waals surface area contributed by atoms with Gasteiger partial charge in [0.2, 0.25) is 23.4 Å². The molecule has 0 saturated carbocycles. The molecule has 0 radical (unpaired) electrons. The molecule has 25 nitrogen and oxygen atoms in total. The van der Waals surface area contributed by atoms with E-state index in [4.69, 9.17) is 28.0 Å². The Kier molecular flexibility index (Phi) is 27.4. The summed E-state index contributed by atoms with van der Waals surface area (Å²) in [5, 5.41) is 20.3. The number of piperidine rings is 3. The highest BCUT2D eigenvalue weighted by atomic mass is 16.5. The average Bonchev–Trinajstić information content (AvgIpc) is 1.74. The third-order valence-electron chi connectivity index (χ3n) is 24.6. The molecule has 1 spiro atoms. The number of para-hydroxylation sites is 4. The van der Waals surface area contributed by atoms with E-state index in [0.717, 1.165) is 226 Å². The Morgan fingerprint density at radius 3 is 1.26 bits per heavy atom. The standard InChI is InChI=1S/C34H37N3O4.2C33H36N6O3/c1-24-8-5-9-25(20-24)22-35-33(39)28-23-37(32-26(28)11-6-13-31(32)40-2)17-7-16-36-18-14-34(15-19-36)21-29(38)27-10-3-4-12-30(27)41-34;1-23-7-3-8-24(19-23)20-35-32(40)28-22-39(30-27(28)10-4-11-29(30)41-2)16-6-15-38-17-12-25(13-18-38)33-36-31(37-42-33)26-9-5-14-34-21-26;1-23-6-3-7-24(20-23)21-35-32(40)28-22-39(30-27(28)8-4-9-29(30)41-2)17-5-16-38-18-12-26(13-19-38)33-36-31(37-42-33)25-10-14-34-15-11-25/h3-6,8-13,20,23H,7,14-19,21-22H2,1-2H3,(H,35,39);3-5,7-11,14,19,21-22,25H,6,12-13,15-18,20H2,1-2H3,(H,35,40);3-4,6-11,14-15,20,22,26H,5,12-13,16-19,21H2,1-2H3,(H,35,40). The molecule has 3 amide bonds. The number of carbonyl (C=O) groups is 4. The van der Waals surface area contributed by atoms with Crippen LogP contribution in [0.5, 0.6) is 23.0 Å². The molecule has 644 valence electrons. The van der Waals surface area contributed by atoms with Crippen LogP contribution in [0.3, 0.4) is 0 Å². The summed E-state index contributed by atoms with van der Waals surface area (Å²) in [6, 6.07) is 57.4. The van der Waals surface area contributed by atoms with Gasteiger partial charge in [0.05, 0.1) is 66.6 Å². The molecule has 11 heterocycles. The van der Waals surface area contributed by atoms with E-state index in [1.54, 1.807) is 46.1 Å². The number of ketones is 1. The number of rotatable bonds is 28. The van der Waals surface area contributed by atoms with Gasteiger partial charge >= 0.3 is 0 Å². The lowest BCUT2D eigenvalue weighted by Crippen LogP contribution is -2.51.